The third-order valence-corrected chi connectivity index (χ3v) is 8.08. The van der Waals surface area contributed by atoms with E-state index < -0.39 is 22.0 Å². The van der Waals surface area contributed by atoms with E-state index in [1.165, 1.54) is 6.42 Å². The SMILES string of the molecule is COc1cc2nc(CN(CCO)[C@H]3CS(=O)(=O)C[C@H]3O)nc(N3CCCCC3)c2cc1OC. The molecular formula is C22H32N4O6S. The zero-order valence-electron chi connectivity index (χ0n) is 19.1. The molecule has 0 amide bonds. The van der Waals surface area contributed by atoms with Crippen molar-refractivity contribution >= 4 is 26.6 Å². The first kappa shape index (κ1) is 23.9. The van der Waals surface area contributed by atoms with Gasteiger partial charge in [-0.25, -0.2) is 18.4 Å². The number of nitrogens with zero attached hydrogens (tertiary/aromatic N) is 4. The first-order valence-electron chi connectivity index (χ1n) is 11.3. The van der Waals surface area contributed by atoms with Gasteiger partial charge in [-0.3, -0.25) is 4.90 Å². The second-order valence-electron chi connectivity index (χ2n) is 8.64. The maximum atomic E-state index is 12.1. The van der Waals surface area contributed by atoms with Gasteiger partial charge in [0.25, 0.3) is 0 Å². The van der Waals surface area contributed by atoms with Gasteiger partial charge in [-0.1, -0.05) is 0 Å². The Labute approximate surface area is 194 Å². The predicted molar refractivity (Wildman–Crippen MR) is 125 cm³/mol. The van der Waals surface area contributed by atoms with Crippen LogP contribution in [0.2, 0.25) is 0 Å². The lowest BCUT2D eigenvalue weighted by Gasteiger charge is -2.31. The van der Waals surface area contributed by atoms with Crippen LogP contribution in [0.25, 0.3) is 10.9 Å². The molecule has 2 N–H and O–H groups in total. The average molecular weight is 481 g/mol. The van der Waals surface area contributed by atoms with E-state index in [1.54, 1.807) is 19.1 Å². The summed E-state index contributed by atoms with van der Waals surface area (Å²) in [5, 5.41) is 20.8. The Morgan fingerprint density at radius 1 is 1.09 bits per heavy atom. The van der Waals surface area contributed by atoms with Gasteiger partial charge in [0, 0.05) is 31.1 Å². The lowest BCUT2D eigenvalue weighted by molar-refractivity contribution is 0.0640. The Bertz CT molecular complexity index is 1090. The molecule has 0 unspecified atom stereocenters. The van der Waals surface area contributed by atoms with Gasteiger partial charge in [0.2, 0.25) is 0 Å². The highest BCUT2D eigenvalue weighted by Gasteiger charge is 2.40. The van der Waals surface area contributed by atoms with E-state index in [0.717, 1.165) is 37.1 Å². The van der Waals surface area contributed by atoms with E-state index >= 15 is 0 Å². The minimum absolute atomic E-state index is 0.147. The Hall–Kier alpha value is -2.21. The van der Waals surface area contributed by atoms with Crippen molar-refractivity contribution in [3.63, 3.8) is 0 Å². The molecule has 0 aliphatic carbocycles. The van der Waals surface area contributed by atoms with Gasteiger partial charge in [0.1, 0.15) is 11.6 Å². The maximum Gasteiger partial charge on any atom is 0.162 e. The second-order valence-corrected chi connectivity index (χ2v) is 10.8. The monoisotopic (exact) mass is 480 g/mol. The van der Waals surface area contributed by atoms with Gasteiger partial charge in [-0.2, -0.15) is 0 Å². The number of aromatic nitrogens is 2. The van der Waals surface area contributed by atoms with Crippen LogP contribution in [0.3, 0.4) is 0 Å². The summed E-state index contributed by atoms with van der Waals surface area (Å²) in [4.78, 5) is 13.6. The topological polar surface area (TPSA) is 125 Å². The normalized spacial score (nSPS) is 22.8. The first-order valence-corrected chi connectivity index (χ1v) is 13.1. The molecule has 2 aliphatic rings. The smallest absolute Gasteiger partial charge is 0.162 e. The van der Waals surface area contributed by atoms with Gasteiger partial charge in [0.15, 0.2) is 21.3 Å². The van der Waals surface area contributed by atoms with Crippen LogP contribution in [0, 0.1) is 0 Å². The second kappa shape index (κ2) is 9.96. The van der Waals surface area contributed by atoms with Crippen LogP contribution in [-0.4, -0.2) is 97.6 Å². The minimum atomic E-state index is -3.33. The van der Waals surface area contributed by atoms with E-state index in [2.05, 4.69) is 4.90 Å². The zero-order valence-corrected chi connectivity index (χ0v) is 19.9. The summed E-state index contributed by atoms with van der Waals surface area (Å²) in [5.74, 6) is 2.05. The minimum Gasteiger partial charge on any atom is -0.493 e. The number of fused-ring (bicyclic) bond motifs is 1. The first-order chi connectivity index (χ1) is 15.8. The molecule has 3 heterocycles. The maximum absolute atomic E-state index is 12.1. The van der Waals surface area contributed by atoms with E-state index in [4.69, 9.17) is 19.4 Å². The Balaban J connectivity index is 1.76. The third-order valence-electron chi connectivity index (χ3n) is 6.38. The predicted octanol–water partition coefficient (Wildman–Crippen LogP) is 0.590. The number of methoxy groups -OCH3 is 2. The van der Waals surface area contributed by atoms with Crippen LogP contribution in [-0.2, 0) is 16.4 Å². The Kier molecular flexibility index (Phi) is 7.22. The van der Waals surface area contributed by atoms with Crippen LogP contribution < -0.4 is 14.4 Å². The molecule has 2 aromatic rings. The molecular weight excluding hydrogens is 448 g/mol. The average Bonchev–Trinajstić information content (AvgIpc) is 3.09. The van der Waals surface area contributed by atoms with Crippen molar-refractivity contribution in [1.82, 2.24) is 14.9 Å². The summed E-state index contributed by atoms with van der Waals surface area (Å²) in [6.07, 6.45) is 2.34. The lowest BCUT2D eigenvalue weighted by Crippen LogP contribution is -2.44. The van der Waals surface area contributed by atoms with E-state index in [0.29, 0.717) is 22.8 Å². The van der Waals surface area contributed by atoms with Crippen molar-refractivity contribution in [2.45, 2.75) is 38.0 Å². The molecule has 2 atom stereocenters. The molecule has 11 heteroatoms. The van der Waals surface area contributed by atoms with Crippen LogP contribution in [0.1, 0.15) is 25.1 Å². The standard InChI is InChI=1S/C22H32N4O6S/c1-31-19-10-15-16(11-20(19)32-2)23-21(24-22(15)25-6-4-3-5-7-25)12-26(8-9-27)17-13-33(29,30)14-18(17)28/h10-11,17-18,27-28H,3-9,12-14H2,1-2H3/t17-,18+/m0/s1. The summed E-state index contributed by atoms with van der Waals surface area (Å²) in [6.45, 7) is 2.03. The molecule has 0 saturated carbocycles. The summed E-state index contributed by atoms with van der Waals surface area (Å²) >= 11 is 0. The van der Waals surface area contributed by atoms with Gasteiger partial charge in [-0.05, 0) is 25.3 Å². The zero-order chi connectivity index (χ0) is 23.6. The fraction of sp³-hybridized carbons (Fsp3) is 0.636. The number of hydrogen-bond acceptors (Lipinski definition) is 10. The fourth-order valence-corrected chi connectivity index (χ4v) is 6.57. The molecule has 182 valence electrons. The molecule has 0 bridgehead atoms. The number of piperidine rings is 1. The van der Waals surface area contributed by atoms with Crippen molar-refractivity contribution in [3.8, 4) is 11.5 Å². The van der Waals surface area contributed by atoms with Crippen LogP contribution in [0.5, 0.6) is 11.5 Å². The van der Waals surface area contributed by atoms with E-state index in [1.807, 2.05) is 12.1 Å². The van der Waals surface area contributed by atoms with Crippen LogP contribution in [0.4, 0.5) is 5.82 Å². The number of sulfone groups is 1. The largest absolute Gasteiger partial charge is 0.493 e. The quantitative estimate of drug-likeness (QED) is 0.554. The van der Waals surface area contributed by atoms with Gasteiger partial charge in [0.05, 0.1) is 56.5 Å². The number of hydrogen-bond donors (Lipinski definition) is 2. The van der Waals surface area contributed by atoms with Crippen LogP contribution in [0.15, 0.2) is 12.1 Å². The number of ether oxygens (including phenoxy) is 2. The summed E-state index contributed by atoms with van der Waals surface area (Å²) in [6, 6.07) is 3.10. The molecule has 0 spiro atoms. The Morgan fingerprint density at radius 3 is 2.39 bits per heavy atom. The summed E-state index contributed by atoms with van der Waals surface area (Å²) < 4.78 is 35.1. The lowest BCUT2D eigenvalue weighted by atomic mass is 10.1. The molecule has 1 aromatic heterocycles. The molecule has 2 aliphatic heterocycles. The molecule has 0 radical (unpaired) electrons. The number of aliphatic hydroxyl groups is 2. The van der Waals surface area contributed by atoms with Gasteiger partial charge in [-0.15, -0.1) is 0 Å². The summed E-state index contributed by atoms with van der Waals surface area (Å²) in [7, 11) is -0.168. The van der Waals surface area contributed by atoms with Crippen molar-refractivity contribution in [1.29, 1.82) is 0 Å². The molecule has 33 heavy (non-hydrogen) atoms. The number of aliphatic hydroxyl groups excluding tert-OH is 2. The van der Waals surface area contributed by atoms with Crippen LogP contribution >= 0.6 is 0 Å². The number of benzene rings is 1. The molecule has 4 rings (SSSR count). The molecule has 2 fully saturated rings. The fourth-order valence-electron chi connectivity index (χ4n) is 4.74. The van der Waals surface area contributed by atoms with Gasteiger partial charge >= 0.3 is 0 Å². The summed E-state index contributed by atoms with van der Waals surface area (Å²) in [5.41, 5.74) is 0.696. The highest BCUT2D eigenvalue weighted by Crippen LogP contribution is 2.36. The molecule has 1 aromatic carbocycles. The van der Waals surface area contributed by atoms with Crippen molar-refractivity contribution in [3.05, 3.63) is 18.0 Å². The third kappa shape index (κ3) is 5.16. The highest BCUT2D eigenvalue weighted by atomic mass is 32.2. The number of anilines is 1. The van der Waals surface area contributed by atoms with Crippen molar-refractivity contribution < 1.29 is 28.1 Å². The highest BCUT2D eigenvalue weighted by molar-refractivity contribution is 7.91. The van der Waals surface area contributed by atoms with Crippen molar-refractivity contribution in [2.24, 2.45) is 0 Å². The van der Waals surface area contributed by atoms with Crippen molar-refractivity contribution in [2.75, 3.05) is 56.9 Å². The van der Waals surface area contributed by atoms with E-state index in [-0.39, 0.29) is 31.2 Å². The van der Waals surface area contributed by atoms with Gasteiger partial charge < -0.3 is 24.6 Å². The van der Waals surface area contributed by atoms with E-state index in [9.17, 15) is 18.6 Å². The molecule has 10 nitrogen and oxygen atoms in total. The number of rotatable bonds is 8. The molecule has 2 saturated heterocycles. The Morgan fingerprint density at radius 2 is 1.79 bits per heavy atom.